The highest BCUT2D eigenvalue weighted by atomic mass is 16.5. The van der Waals surface area contributed by atoms with Gasteiger partial charge in [-0.3, -0.25) is 4.79 Å². The van der Waals surface area contributed by atoms with E-state index in [1.807, 2.05) is 49.8 Å². The molecule has 0 aromatic heterocycles. The second kappa shape index (κ2) is 13.1. The largest absolute Gasteiger partial charge is 0.377 e. The van der Waals surface area contributed by atoms with E-state index in [0.29, 0.717) is 19.7 Å². The zero-order valence-electron chi connectivity index (χ0n) is 17.6. The van der Waals surface area contributed by atoms with Crippen molar-refractivity contribution in [2.45, 2.75) is 47.3 Å². The minimum absolute atomic E-state index is 0.112. The number of amides is 1. The fraction of sp³-hybridized carbons (Fsp3) is 0.619. The number of hydrogen-bond acceptors (Lipinski definition) is 3. The molecule has 1 N–H and O–H groups in total. The summed E-state index contributed by atoms with van der Waals surface area (Å²) in [6.45, 7) is 12.6. The highest BCUT2D eigenvalue weighted by Crippen LogP contribution is 2.12. The Bertz CT molecular complexity index is 585. The third-order valence-corrected chi connectivity index (χ3v) is 4.31. The van der Waals surface area contributed by atoms with E-state index in [2.05, 4.69) is 24.4 Å². The summed E-state index contributed by atoms with van der Waals surface area (Å²) in [5, 5.41) is 3.28. The second-order valence-corrected chi connectivity index (χ2v) is 6.41. The Kier molecular flexibility index (Phi) is 11.2. The SMILES string of the molecule is CCCOCc1ccccc1CN=C(NCC)N(C)CC(=O)N(CC)CC. The summed E-state index contributed by atoms with van der Waals surface area (Å²) < 4.78 is 5.69. The maximum Gasteiger partial charge on any atom is 0.242 e. The van der Waals surface area contributed by atoms with Gasteiger partial charge < -0.3 is 19.9 Å². The first-order valence-electron chi connectivity index (χ1n) is 9.98. The molecule has 1 aromatic carbocycles. The Morgan fingerprint density at radius 2 is 1.78 bits per heavy atom. The topological polar surface area (TPSA) is 57.2 Å². The first-order valence-corrected chi connectivity index (χ1v) is 9.98. The van der Waals surface area contributed by atoms with Gasteiger partial charge in [0.05, 0.1) is 19.7 Å². The number of likely N-dealkylation sites (N-methyl/N-ethyl adjacent to an activating group) is 2. The molecule has 0 radical (unpaired) electrons. The van der Waals surface area contributed by atoms with Gasteiger partial charge in [0.25, 0.3) is 0 Å². The summed E-state index contributed by atoms with van der Waals surface area (Å²) in [6, 6.07) is 8.21. The minimum Gasteiger partial charge on any atom is -0.377 e. The molecule has 0 unspecified atom stereocenters. The third kappa shape index (κ3) is 7.99. The fourth-order valence-corrected chi connectivity index (χ4v) is 2.76. The van der Waals surface area contributed by atoms with Crippen LogP contribution < -0.4 is 5.32 Å². The molecule has 6 heteroatoms. The molecule has 0 spiro atoms. The molecule has 27 heavy (non-hydrogen) atoms. The predicted molar refractivity (Wildman–Crippen MR) is 112 cm³/mol. The monoisotopic (exact) mass is 376 g/mol. The van der Waals surface area contributed by atoms with Gasteiger partial charge in [-0.15, -0.1) is 0 Å². The van der Waals surface area contributed by atoms with E-state index in [1.165, 1.54) is 0 Å². The number of guanidine groups is 1. The lowest BCUT2D eigenvalue weighted by Crippen LogP contribution is -2.45. The summed E-state index contributed by atoms with van der Waals surface area (Å²) in [5.41, 5.74) is 2.31. The van der Waals surface area contributed by atoms with Crippen LogP contribution in [-0.2, 0) is 22.7 Å². The molecule has 0 aliphatic heterocycles. The Morgan fingerprint density at radius 1 is 1.11 bits per heavy atom. The summed E-state index contributed by atoms with van der Waals surface area (Å²) in [4.78, 5) is 20.8. The van der Waals surface area contributed by atoms with Gasteiger partial charge in [-0.05, 0) is 38.3 Å². The molecule has 0 fully saturated rings. The number of benzene rings is 1. The highest BCUT2D eigenvalue weighted by Gasteiger charge is 2.15. The van der Waals surface area contributed by atoms with Crippen LogP contribution in [0.4, 0.5) is 0 Å². The predicted octanol–water partition coefficient (Wildman–Crippen LogP) is 2.88. The van der Waals surface area contributed by atoms with Crippen molar-refractivity contribution in [3.05, 3.63) is 35.4 Å². The van der Waals surface area contributed by atoms with Gasteiger partial charge in [0.1, 0.15) is 0 Å². The Hall–Kier alpha value is -2.08. The summed E-state index contributed by atoms with van der Waals surface area (Å²) in [5.74, 6) is 0.851. The number of ether oxygens (including phenoxy) is 1. The van der Waals surface area contributed by atoms with Crippen LogP contribution >= 0.6 is 0 Å². The number of nitrogens with one attached hydrogen (secondary N) is 1. The number of nitrogens with zero attached hydrogens (tertiary/aromatic N) is 3. The zero-order chi connectivity index (χ0) is 20.1. The zero-order valence-corrected chi connectivity index (χ0v) is 17.6. The molecule has 0 bridgehead atoms. The van der Waals surface area contributed by atoms with E-state index < -0.39 is 0 Å². The van der Waals surface area contributed by atoms with Gasteiger partial charge in [-0.1, -0.05) is 31.2 Å². The molecular weight excluding hydrogens is 340 g/mol. The number of hydrogen-bond donors (Lipinski definition) is 1. The van der Waals surface area contributed by atoms with Crippen LogP contribution in [0.25, 0.3) is 0 Å². The van der Waals surface area contributed by atoms with Crippen LogP contribution in [-0.4, -0.2) is 61.5 Å². The van der Waals surface area contributed by atoms with Crippen molar-refractivity contribution in [3.63, 3.8) is 0 Å². The molecule has 0 saturated heterocycles. The highest BCUT2D eigenvalue weighted by molar-refractivity contribution is 5.86. The molecular formula is C21H36N4O2. The normalized spacial score (nSPS) is 11.4. The minimum atomic E-state index is 0.112. The van der Waals surface area contributed by atoms with Crippen molar-refractivity contribution in [1.82, 2.24) is 15.1 Å². The Labute approximate surface area is 164 Å². The Morgan fingerprint density at radius 3 is 2.37 bits per heavy atom. The van der Waals surface area contributed by atoms with Crippen LogP contribution in [0.5, 0.6) is 0 Å². The lowest BCUT2D eigenvalue weighted by atomic mass is 10.1. The van der Waals surface area contributed by atoms with Gasteiger partial charge in [0, 0.05) is 33.3 Å². The van der Waals surface area contributed by atoms with Crippen molar-refractivity contribution >= 4 is 11.9 Å². The smallest absolute Gasteiger partial charge is 0.242 e. The third-order valence-electron chi connectivity index (χ3n) is 4.31. The molecule has 1 amide bonds. The van der Waals surface area contributed by atoms with Crippen molar-refractivity contribution in [1.29, 1.82) is 0 Å². The second-order valence-electron chi connectivity index (χ2n) is 6.41. The molecule has 1 rings (SSSR count). The van der Waals surface area contributed by atoms with E-state index in [-0.39, 0.29) is 5.91 Å². The molecule has 152 valence electrons. The number of rotatable bonds is 11. The summed E-state index contributed by atoms with van der Waals surface area (Å²) in [7, 11) is 1.90. The number of carbonyl (C=O) groups excluding carboxylic acids is 1. The van der Waals surface area contributed by atoms with Crippen LogP contribution in [0.3, 0.4) is 0 Å². The van der Waals surface area contributed by atoms with Gasteiger partial charge in [0.2, 0.25) is 5.91 Å². The van der Waals surface area contributed by atoms with Gasteiger partial charge in [-0.25, -0.2) is 4.99 Å². The van der Waals surface area contributed by atoms with Crippen LogP contribution in [0, 0.1) is 0 Å². The van der Waals surface area contributed by atoms with E-state index in [0.717, 1.165) is 49.7 Å². The lowest BCUT2D eigenvalue weighted by Gasteiger charge is -2.25. The van der Waals surface area contributed by atoms with Crippen LogP contribution in [0.1, 0.15) is 45.2 Å². The van der Waals surface area contributed by atoms with Gasteiger partial charge in [0.15, 0.2) is 5.96 Å². The average molecular weight is 377 g/mol. The van der Waals surface area contributed by atoms with Gasteiger partial charge >= 0.3 is 0 Å². The maximum atomic E-state index is 12.4. The average Bonchev–Trinajstić information content (AvgIpc) is 2.67. The molecule has 0 aliphatic rings. The number of carbonyl (C=O) groups is 1. The first-order chi connectivity index (χ1) is 13.1. The van der Waals surface area contributed by atoms with Crippen molar-refractivity contribution in [3.8, 4) is 0 Å². The molecule has 0 saturated carbocycles. The van der Waals surface area contributed by atoms with E-state index in [1.54, 1.807) is 0 Å². The quantitative estimate of drug-likeness (QED) is 0.367. The van der Waals surface area contributed by atoms with E-state index in [9.17, 15) is 4.79 Å². The van der Waals surface area contributed by atoms with E-state index in [4.69, 9.17) is 9.73 Å². The van der Waals surface area contributed by atoms with E-state index >= 15 is 0 Å². The van der Waals surface area contributed by atoms with Crippen molar-refractivity contribution in [2.75, 3.05) is 39.8 Å². The lowest BCUT2D eigenvalue weighted by molar-refractivity contribution is -0.131. The molecule has 6 nitrogen and oxygen atoms in total. The molecule has 0 aliphatic carbocycles. The first kappa shape index (κ1) is 23.0. The molecule has 0 heterocycles. The van der Waals surface area contributed by atoms with Crippen molar-refractivity contribution < 1.29 is 9.53 Å². The van der Waals surface area contributed by atoms with Crippen LogP contribution in [0.15, 0.2) is 29.3 Å². The Balaban J connectivity index is 2.82. The van der Waals surface area contributed by atoms with Crippen LogP contribution in [0.2, 0.25) is 0 Å². The van der Waals surface area contributed by atoms with Gasteiger partial charge in [-0.2, -0.15) is 0 Å². The summed E-state index contributed by atoms with van der Waals surface area (Å²) in [6.07, 6.45) is 1.01. The maximum absolute atomic E-state index is 12.4. The molecule has 0 atom stereocenters. The standard InChI is InChI=1S/C21H36N4O2/c1-6-14-27-17-19-13-11-10-12-18(19)15-23-21(22-7-2)24(5)16-20(26)25(8-3)9-4/h10-13H,6-9,14-17H2,1-5H3,(H,22,23). The number of aliphatic imine (C=N–C) groups is 1. The fourth-order valence-electron chi connectivity index (χ4n) is 2.76. The summed E-state index contributed by atoms with van der Waals surface area (Å²) >= 11 is 0. The molecule has 1 aromatic rings. The van der Waals surface area contributed by atoms with Crippen molar-refractivity contribution in [2.24, 2.45) is 4.99 Å².